The van der Waals surface area contributed by atoms with E-state index in [-0.39, 0.29) is 18.4 Å². The molecule has 200 valence electrons. The maximum atomic E-state index is 13.3. The van der Waals surface area contributed by atoms with Gasteiger partial charge in [0.2, 0.25) is 6.79 Å². The van der Waals surface area contributed by atoms with E-state index >= 15 is 0 Å². The molecule has 39 heavy (non-hydrogen) atoms. The van der Waals surface area contributed by atoms with E-state index in [0.29, 0.717) is 31.0 Å². The van der Waals surface area contributed by atoms with Crippen LogP contribution in [0.25, 0.3) is 10.9 Å². The third kappa shape index (κ3) is 5.03. The first-order chi connectivity index (χ1) is 19.0. The van der Waals surface area contributed by atoms with Crippen LogP contribution >= 0.6 is 0 Å². The molecule has 0 unspecified atom stereocenters. The van der Waals surface area contributed by atoms with Crippen molar-refractivity contribution in [2.45, 2.75) is 52.9 Å². The molecule has 0 radical (unpaired) electrons. The Hall–Kier alpha value is -4.44. The lowest BCUT2D eigenvalue weighted by molar-refractivity contribution is 0.160. The number of nitrogens with one attached hydrogen (secondary N) is 1. The second-order valence-corrected chi connectivity index (χ2v) is 9.96. The highest BCUT2D eigenvalue weighted by molar-refractivity contribution is 5.82. The number of pyridine rings is 1. The van der Waals surface area contributed by atoms with Gasteiger partial charge in [0.05, 0.1) is 17.8 Å². The van der Waals surface area contributed by atoms with Crippen molar-refractivity contribution in [2.24, 2.45) is 0 Å². The SMILES string of the molecule is CC[C@H](c1nnnn1Cc1ccco1)N(Cc1ccc2c(c1)OCO2)Cc1cc2cc(C)cc(C)c2[nH]c1=O. The smallest absolute Gasteiger partial charge is 0.252 e. The Morgan fingerprint density at radius 3 is 2.77 bits per heavy atom. The van der Waals surface area contributed by atoms with Crippen LogP contribution in [0.4, 0.5) is 0 Å². The van der Waals surface area contributed by atoms with Crippen LogP contribution in [0.5, 0.6) is 11.5 Å². The average Bonchev–Trinajstić information content (AvgIpc) is 3.69. The van der Waals surface area contributed by atoms with Crippen molar-refractivity contribution in [2.75, 3.05) is 6.79 Å². The lowest BCUT2D eigenvalue weighted by atomic mass is 10.0. The highest BCUT2D eigenvalue weighted by atomic mass is 16.7. The molecule has 1 atom stereocenters. The fourth-order valence-electron chi connectivity index (χ4n) is 5.34. The van der Waals surface area contributed by atoms with E-state index in [9.17, 15) is 4.79 Å². The van der Waals surface area contributed by atoms with E-state index in [2.05, 4.69) is 51.4 Å². The molecule has 10 nitrogen and oxygen atoms in total. The molecule has 0 bridgehead atoms. The number of H-pyrrole nitrogens is 1. The Morgan fingerprint density at radius 1 is 1.08 bits per heavy atom. The Morgan fingerprint density at radius 2 is 1.95 bits per heavy atom. The molecular weight excluding hydrogens is 496 g/mol. The fourth-order valence-corrected chi connectivity index (χ4v) is 5.34. The molecule has 1 N–H and O–H groups in total. The molecule has 2 aromatic carbocycles. The molecule has 0 fully saturated rings. The zero-order valence-electron chi connectivity index (χ0n) is 22.2. The van der Waals surface area contributed by atoms with Crippen LogP contribution in [0.1, 0.15) is 53.2 Å². The maximum absolute atomic E-state index is 13.3. The minimum atomic E-state index is -0.172. The number of ether oxygens (including phenoxy) is 2. The molecule has 0 aliphatic carbocycles. The molecule has 0 saturated carbocycles. The van der Waals surface area contributed by atoms with Crippen molar-refractivity contribution in [3.8, 4) is 11.5 Å². The van der Waals surface area contributed by atoms with E-state index < -0.39 is 0 Å². The third-order valence-corrected chi connectivity index (χ3v) is 7.14. The molecule has 0 amide bonds. The lowest BCUT2D eigenvalue weighted by Crippen LogP contribution is -2.32. The second kappa shape index (κ2) is 10.4. The summed E-state index contributed by atoms with van der Waals surface area (Å²) in [5.74, 6) is 2.92. The maximum Gasteiger partial charge on any atom is 0.252 e. The van der Waals surface area contributed by atoms with Gasteiger partial charge in [-0.1, -0.05) is 24.6 Å². The van der Waals surface area contributed by atoms with Crippen molar-refractivity contribution in [1.29, 1.82) is 0 Å². The van der Waals surface area contributed by atoms with Gasteiger partial charge in [0.1, 0.15) is 12.3 Å². The van der Waals surface area contributed by atoms with Crippen LogP contribution in [0.15, 0.2) is 64.0 Å². The summed E-state index contributed by atoms with van der Waals surface area (Å²) in [6.45, 7) is 7.76. The summed E-state index contributed by atoms with van der Waals surface area (Å²) in [5, 5.41) is 13.7. The number of tetrazole rings is 1. The summed E-state index contributed by atoms with van der Waals surface area (Å²) >= 11 is 0. The number of aryl methyl sites for hydroxylation is 2. The van der Waals surface area contributed by atoms with Gasteiger partial charge in [-0.2, -0.15) is 0 Å². The first-order valence-corrected chi connectivity index (χ1v) is 13.0. The van der Waals surface area contributed by atoms with Crippen LogP contribution in [0, 0.1) is 13.8 Å². The van der Waals surface area contributed by atoms with Gasteiger partial charge in [0.15, 0.2) is 17.3 Å². The minimum absolute atomic E-state index is 0.102. The topological polar surface area (TPSA) is 111 Å². The van der Waals surface area contributed by atoms with Crippen molar-refractivity contribution in [3.05, 3.63) is 99.0 Å². The second-order valence-electron chi connectivity index (χ2n) is 9.96. The Labute approximate surface area is 225 Å². The summed E-state index contributed by atoms with van der Waals surface area (Å²) in [5.41, 5.74) is 4.68. The standard InChI is InChI=1S/C29H30N6O4/c1-4-24(28-31-32-33-35(28)16-23-6-5-9-37-23)34(14-20-7-8-25-26(12-20)39-17-38-25)15-22-13-21-11-18(2)10-19(3)27(21)30-29(22)36/h5-13,24H,4,14-17H2,1-3H3,(H,30,36)/t24-/m1/s1. The Kier molecular flexibility index (Phi) is 6.62. The molecule has 5 aromatic rings. The van der Waals surface area contributed by atoms with Crippen LogP contribution < -0.4 is 15.0 Å². The fraction of sp³-hybridized carbons (Fsp3) is 0.310. The highest BCUT2D eigenvalue weighted by Gasteiger charge is 2.27. The van der Waals surface area contributed by atoms with Gasteiger partial charge in [0.25, 0.3) is 5.56 Å². The van der Waals surface area contributed by atoms with Crippen molar-refractivity contribution >= 4 is 10.9 Å². The van der Waals surface area contributed by atoms with Crippen molar-refractivity contribution < 1.29 is 13.9 Å². The van der Waals surface area contributed by atoms with Crippen molar-refractivity contribution in [3.63, 3.8) is 0 Å². The number of benzene rings is 2. The molecule has 0 spiro atoms. The first-order valence-electron chi connectivity index (χ1n) is 13.0. The molecule has 10 heteroatoms. The summed E-state index contributed by atoms with van der Waals surface area (Å²) in [6.07, 6.45) is 2.37. The van der Waals surface area contributed by atoms with Gasteiger partial charge in [-0.25, -0.2) is 4.68 Å². The van der Waals surface area contributed by atoms with Crippen LogP contribution in [-0.4, -0.2) is 36.9 Å². The number of hydrogen-bond acceptors (Lipinski definition) is 8. The van der Waals surface area contributed by atoms with E-state index in [1.165, 1.54) is 0 Å². The van der Waals surface area contributed by atoms with E-state index in [0.717, 1.165) is 51.3 Å². The van der Waals surface area contributed by atoms with E-state index in [1.54, 1.807) is 10.9 Å². The van der Waals surface area contributed by atoms with Gasteiger partial charge in [-0.05, 0) is 83.6 Å². The predicted molar refractivity (Wildman–Crippen MR) is 145 cm³/mol. The van der Waals surface area contributed by atoms with Gasteiger partial charge < -0.3 is 18.9 Å². The monoisotopic (exact) mass is 526 g/mol. The van der Waals surface area contributed by atoms with Gasteiger partial charge in [-0.15, -0.1) is 5.10 Å². The van der Waals surface area contributed by atoms with Crippen LogP contribution in [-0.2, 0) is 19.6 Å². The summed E-state index contributed by atoms with van der Waals surface area (Å²) in [7, 11) is 0. The average molecular weight is 527 g/mol. The largest absolute Gasteiger partial charge is 0.467 e. The number of rotatable bonds is 9. The third-order valence-electron chi connectivity index (χ3n) is 7.14. The summed E-state index contributed by atoms with van der Waals surface area (Å²) in [6, 6.07) is 15.7. The summed E-state index contributed by atoms with van der Waals surface area (Å²) < 4.78 is 18.4. The van der Waals surface area contributed by atoms with Gasteiger partial charge >= 0.3 is 0 Å². The van der Waals surface area contributed by atoms with Gasteiger partial charge in [0, 0.05) is 18.7 Å². The zero-order chi connectivity index (χ0) is 26.9. The quantitative estimate of drug-likeness (QED) is 0.295. The molecule has 3 aromatic heterocycles. The Bertz CT molecular complexity index is 1670. The van der Waals surface area contributed by atoms with Gasteiger partial charge in [-0.3, -0.25) is 9.69 Å². The first kappa shape index (κ1) is 24.9. The minimum Gasteiger partial charge on any atom is -0.467 e. The van der Waals surface area contributed by atoms with E-state index in [1.807, 2.05) is 43.3 Å². The number of nitrogens with zero attached hydrogens (tertiary/aromatic N) is 5. The molecule has 1 aliphatic heterocycles. The number of hydrogen-bond donors (Lipinski definition) is 1. The highest BCUT2D eigenvalue weighted by Crippen LogP contribution is 2.34. The number of aromatic amines is 1. The molecule has 4 heterocycles. The number of furan rings is 1. The van der Waals surface area contributed by atoms with E-state index in [4.69, 9.17) is 13.9 Å². The Balaban J connectivity index is 1.39. The molecule has 1 aliphatic rings. The number of aromatic nitrogens is 5. The van der Waals surface area contributed by atoms with Crippen LogP contribution in [0.3, 0.4) is 0 Å². The summed E-state index contributed by atoms with van der Waals surface area (Å²) in [4.78, 5) is 18.7. The molecule has 0 saturated heterocycles. The van der Waals surface area contributed by atoms with Crippen molar-refractivity contribution in [1.82, 2.24) is 30.1 Å². The number of fused-ring (bicyclic) bond motifs is 2. The molecular formula is C29H30N6O4. The lowest BCUT2D eigenvalue weighted by Gasteiger charge is -2.30. The molecule has 6 rings (SSSR count). The normalized spacial score (nSPS) is 13.4. The van der Waals surface area contributed by atoms with Crippen LogP contribution in [0.2, 0.25) is 0 Å². The zero-order valence-corrected chi connectivity index (χ0v) is 22.2. The predicted octanol–water partition coefficient (Wildman–Crippen LogP) is 4.65.